The Morgan fingerprint density at radius 2 is 2.00 bits per heavy atom. The molecule has 2 heterocycles. The molecule has 1 N–H and O–H groups in total. The molecule has 4 nitrogen and oxygen atoms in total. The number of thiazole rings is 1. The number of aromatic nitrogens is 1. The van der Waals surface area contributed by atoms with E-state index in [9.17, 15) is 5.11 Å². The van der Waals surface area contributed by atoms with Gasteiger partial charge in [0.05, 0.1) is 17.8 Å². The van der Waals surface area contributed by atoms with Gasteiger partial charge in [-0.05, 0) is 39.2 Å². The zero-order valence-electron chi connectivity index (χ0n) is 11.1. The van der Waals surface area contributed by atoms with Gasteiger partial charge in [-0.2, -0.15) is 0 Å². The SMILES string of the molecule is CC1(C)OB(C(=Cc2nccs2)CO)OC1(C)C. The van der Waals surface area contributed by atoms with E-state index >= 15 is 0 Å². The summed E-state index contributed by atoms with van der Waals surface area (Å²) in [4.78, 5) is 4.17. The zero-order valence-corrected chi connectivity index (χ0v) is 12.0. The van der Waals surface area contributed by atoms with Gasteiger partial charge < -0.3 is 14.4 Å². The van der Waals surface area contributed by atoms with Crippen molar-refractivity contribution >= 4 is 24.5 Å². The van der Waals surface area contributed by atoms with Gasteiger partial charge in [0.1, 0.15) is 5.01 Å². The highest BCUT2D eigenvalue weighted by molar-refractivity contribution is 7.10. The quantitative estimate of drug-likeness (QED) is 0.852. The highest BCUT2D eigenvalue weighted by atomic mass is 32.1. The molecule has 0 saturated carbocycles. The van der Waals surface area contributed by atoms with Crippen molar-refractivity contribution in [2.45, 2.75) is 38.9 Å². The maximum atomic E-state index is 9.47. The van der Waals surface area contributed by atoms with E-state index < -0.39 is 18.3 Å². The van der Waals surface area contributed by atoms with Gasteiger partial charge >= 0.3 is 7.12 Å². The van der Waals surface area contributed by atoms with Gasteiger partial charge in [-0.1, -0.05) is 0 Å². The third-order valence-electron chi connectivity index (χ3n) is 3.50. The summed E-state index contributed by atoms with van der Waals surface area (Å²) in [6.45, 7) is 7.87. The lowest BCUT2D eigenvalue weighted by molar-refractivity contribution is 0.00578. The second-order valence-electron chi connectivity index (χ2n) is 5.34. The molecule has 2 rings (SSSR count). The Labute approximate surface area is 112 Å². The molecule has 0 atom stereocenters. The van der Waals surface area contributed by atoms with Crippen molar-refractivity contribution in [2.75, 3.05) is 6.61 Å². The van der Waals surface area contributed by atoms with E-state index in [1.54, 1.807) is 6.20 Å². The van der Waals surface area contributed by atoms with Gasteiger partial charge in [0, 0.05) is 11.6 Å². The van der Waals surface area contributed by atoms with Crippen molar-refractivity contribution in [1.29, 1.82) is 0 Å². The van der Waals surface area contributed by atoms with E-state index in [0.717, 1.165) is 5.01 Å². The fourth-order valence-corrected chi connectivity index (χ4v) is 2.25. The third-order valence-corrected chi connectivity index (χ3v) is 4.22. The van der Waals surface area contributed by atoms with Crippen molar-refractivity contribution in [3.05, 3.63) is 22.1 Å². The zero-order chi connectivity index (χ0) is 13.4. The number of hydrogen-bond acceptors (Lipinski definition) is 5. The summed E-state index contributed by atoms with van der Waals surface area (Å²) in [7, 11) is -0.510. The van der Waals surface area contributed by atoms with E-state index in [2.05, 4.69) is 4.98 Å². The molecule has 0 unspecified atom stereocenters. The highest BCUT2D eigenvalue weighted by Gasteiger charge is 2.52. The highest BCUT2D eigenvalue weighted by Crippen LogP contribution is 2.38. The van der Waals surface area contributed by atoms with Crippen LogP contribution in [0.5, 0.6) is 0 Å². The van der Waals surface area contributed by atoms with E-state index in [1.165, 1.54) is 11.3 Å². The molecule has 1 aliphatic heterocycles. The van der Waals surface area contributed by atoms with E-state index in [1.807, 2.05) is 39.2 Å². The Morgan fingerprint density at radius 3 is 2.44 bits per heavy atom. The first-order chi connectivity index (χ1) is 8.36. The summed E-state index contributed by atoms with van der Waals surface area (Å²) in [5.74, 6) is 0. The summed E-state index contributed by atoms with van der Waals surface area (Å²) in [6.07, 6.45) is 3.56. The minimum atomic E-state index is -0.510. The Bertz CT molecular complexity index is 426. The largest absolute Gasteiger partial charge is 0.493 e. The number of nitrogens with zero attached hydrogens (tertiary/aromatic N) is 1. The third kappa shape index (κ3) is 2.52. The summed E-state index contributed by atoms with van der Waals surface area (Å²) in [6, 6.07) is 0. The Morgan fingerprint density at radius 1 is 1.39 bits per heavy atom. The average molecular weight is 267 g/mol. The van der Waals surface area contributed by atoms with Crippen LogP contribution in [0.2, 0.25) is 0 Å². The topological polar surface area (TPSA) is 51.6 Å². The number of hydrogen-bond donors (Lipinski definition) is 1. The first-order valence-electron chi connectivity index (χ1n) is 5.92. The van der Waals surface area contributed by atoms with Crippen LogP contribution in [0.15, 0.2) is 17.0 Å². The molecule has 1 aromatic heterocycles. The van der Waals surface area contributed by atoms with Crippen LogP contribution in [0.25, 0.3) is 6.08 Å². The van der Waals surface area contributed by atoms with Gasteiger partial charge in [-0.15, -0.1) is 11.3 Å². The summed E-state index contributed by atoms with van der Waals surface area (Å²) in [5.41, 5.74) is -0.0903. The van der Waals surface area contributed by atoms with Crippen LogP contribution >= 0.6 is 11.3 Å². The van der Waals surface area contributed by atoms with Crippen molar-refractivity contribution in [1.82, 2.24) is 4.98 Å². The maximum Gasteiger partial charge on any atom is 0.493 e. The molecule has 0 radical (unpaired) electrons. The lowest BCUT2D eigenvalue weighted by atomic mass is 9.78. The van der Waals surface area contributed by atoms with Gasteiger partial charge in [0.2, 0.25) is 0 Å². The van der Waals surface area contributed by atoms with E-state index in [-0.39, 0.29) is 6.61 Å². The molecule has 0 aromatic carbocycles. The van der Waals surface area contributed by atoms with Crippen LogP contribution in [0.1, 0.15) is 32.7 Å². The maximum absolute atomic E-state index is 9.47. The predicted octanol–water partition coefficient (Wildman–Crippen LogP) is 2.15. The minimum Gasteiger partial charge on any atom is -0.400 e. The molecular formula is C12H18BNO3S. The molecule has 1 fully saturated rings. The van der Waals surface area contributed by atoms with Crippen LogP contribution in [-0.4, -0.2) is 35.0 Å². The molecule has 1 aliphatic rings. The molecule has 6 heteroatoms. The molecule has 0 aliphatic carbocycles. The van der Waals surface area contributed by atoms with Crippen molar-refractivity contribution in [2.24, 2.45) is 0 Å². The summed E-state index contributed by atoms with van der Waals surface area (Å²) in [5, 5.41) is 12.2. The van der Waals surface area contributed by atoms with Crippen LogP contribution in [0.3, 0.4) is 0 Å². The van der Waals surface area contributed by atoms with Gasteiger partial charge in [0.25, 0.3) is 0 Å². The predicted molar refractivity (Wildman–Crippen MR) is 73.3 cm³/mol. The molecule has 98 valence electrons. The van der Waals surface area contributed by atoms with Gasteiger partial charge in [0.15, 0.2) is 0 Å². The summed E-state index contributed by atoms with van der Waals surface area (Å²) < 4.78 is 11.8. The van der Waals surface area contributed by atoms with Crippen LogP contribution in [0, 0.1) is 0 Å². The number of rotatable bonds is 3. The monoisotopic (exact) mass is 267 g/mol. The van der Waals surface area contributed by atoms with Gasteiger partial charge in [-0.3, -0.25) is 0 Å². The lowest BCUT2D eigenvalue weighted by Crippen LogP contribution is -2.41. The Kier molecular flexibility index (Phi) is 3.64. The molecule has 0 bridgehead atoms. The Hall–Kier alpha value is -0.685. The fraction of sp³-hybridized carbons (Fsp3) is 0.583. The first-order valence-corrected chi connectivity index (χ1v) is 6.80. The normalized spacial score (nSPS) is 22.5. The van der Waals surface area contributed by atoms with Crippen LogP contribution in [-0.2, 0) is 9.31 Å². The molecule has 18 heavy (non-hydrogen) atoms. The second-order valence-corrected chi connectivity index (χ2v) is 6.26. The van der Waals surface area contributed by atoms with Crippen molar-refractivity contribution < 1.29 is 14.4 Å². The fourth-order valence-electron chi connectivity index (χ4n) is 1.65. The van der Waals surface area contributed by atoms with E-state index in [0.29, 0.717) is 5.47 Å². The minimum absolute atomic E-state index is 0.101. The Balaban J connectivity index is 2.22. The van der Waals surface area contributed by atoms with Crippen molar-refractivity contribution in [3.8, 4) is 0 Å². The van der Waals surface area contributed by atoms with Gasteiger partial charge in [-0.25, -0.2) is 4.98 Å². The van der Waals surface area contributed by atoms with Crippen LogP contribution < -0.4 is 0 Å². The number of aliphatic hydroxyl groups is 1. The first kappa shape index (κ1) is 13.7. The number of aliphatic hydroxyl groups excluding tert-OH is 1. The molecule has 0 spiro atoms. The standard InChI is InChI=1S/C12H18BNO3S/c1-11(2)12(3,4)17-13(16-11)9(8-15)7-10-14-5-6-18-10/h5-7,15H,8H2,1-4H3. The average Bonchev–Trinajstić information content (AvgIpc) is 2.82. The molecular weight excluding hydrogens is 249 g/mol. The summed E-state index contributed by atoms with van der Waals surface area (Å²) >= 11 is 1.52. The van der Waals surface area contributed by atoms with Crippen LogP contribution in [0.4, 0.5) is 0 Å². The molecule has 1 aromatic rings. The smallest absolute Gasteiger partial charge is 0.400 e. The second kappa shape index (κ2) is 4.77. The molecule has 0 amide bonds. The lowest BCUT2D eigenvalue weighted by Gasteiger charge is -2.32. The molecule has 1 saturated heterocycles. The van der Waals surface area contributed by atoms with E-state index in [4.69, 9.17) is 9.31 Å². The van der Waals surface area contributed by atoms with Crippen molar-refractivity contribution in [3.63, 3.8) is 0 Å².